The number of hydrogen-bond donors (Lipinski definition) is 2. The molecule has 0 spiro atoms. The Labute approximate surface area is 153 Å². The molecule has 1 aliphatic rings. The predicted molar refractivity (Wildman–Crippen MR) is 106 cm³/mol. The number of nitrogens with one attached hydrogen (secondary N) is 2. The SMILES string of the molecule is CNCCN1CCC(c2cc(C)c3nc(-c4cccs4)[nH]c3c2)CC1. The van der Waals surface area contributed by atoms with Crippen molar-refractivity contribution in [1.29, 1.82) is 0 Å². The minimum atomic E-state index is 0.669. The van der Waals surface area contributed by atoms with Gasteiger partial charge in [-0.25, -0.2) is 4.98 Å². The molecule has 2 aromatic heterocycles. The molecule has 0 radical (unpaired) electrons. The second-order valence-corrected chi connectivity index (χ2v) is 7.96. The van der Waals surface area contributed by atoms with Crippen LogP contribution in [0.25, 0.3) is 21.7 Å². The number of rotatable bonds is 5. The molecule has 0 atom stereocenters. The first-order chi connectivity index (χ1) is 12.2. The minimum Gasteiger partial charge on any atom is -0.337 e. The van der Waals surface area contributed by atoms with Crippen LogP contribution in [-0.2, 0) is 0 Å². The first-order valence-electron chi connectivity index (χ1n) is 9.15. The standard InChI is InChI=1S/C20H26N4S/c1-14-12-16(15-5-8-24(9-6-15)10-7-21-2)13-17-19(14)23-20(22-17)18-4-3-11-25-18/h3-4,11-13,15,21H,5-10H2,1-2H3,(H,22,23). The van der Waals surface area contributed by atoms with E-state index < -0.39 is 0 Å². The van der Waals surface area contributed by atoms with E-state index in [-0.39, 0.29) is 0 Å². The Hall–Kier alpha value is -1.69. The van der Waals surface area contributed by atoms with Crippen LogP contribution in [-0.4, -0.2) is 48.1 Å². The third kappa shape index (κ3) is 3.50. The third-order valence-electron chi connectivity index (χ3n) is 5.29. The highest BCUT2D eigenvalue weighted by Crippen LogP contribution is 2.32. The smallest absolute Gasteiger partial charge is 0.148 e. The summed E-state index contributed by atoms with van der Waals surface area (Å²) in [5, 5.41) is 5.35. The molecule has 1 aromatic carbocycles. The number of piperidine rings is 1. The summed E-state index contributed by atoms with van der Waals surface area (Å²) in [7, 11) is 2.03. The Morgan fingerprint density at radius 1 is 1.32 bits per heavy atom. The van der Waals surface area contributed by atoms with Gasteiger partial charge in [0.25, 0.3) is 0 Å². The number of likely N-dealkylation sites (tertiary alicyclic amines) is 1. The molecular weight excluding hydrogens is 328 g/mol. The molecular formula is C20H26N4S. The number of H-pyrrole nitrogens is 1. The lowest BCUT2D eigenvalue weighted by Gasteiger charge is -2.32. The zero-order valence-corrected chi connectivity index (χ0v) is 15.8. The highest BCUT2D eigenvalue weighted by atomic mass is 32.1. The van der Waals surface area contributed by atoms with Crippen LogP contribution < -0.4 is 5.32 Å². The minimum absolute atomic E-state index is 0.669. The van der Waals surface area contributed by atoms with Gasteiger partial charge in [0.05, 0.1) is 15.9 Å². The van der Waals surface area contributed by atoms with Crippen molar-refractivity contribution in [3.8, 4) is 10.7 Å². The van der Waals surface area contributed by atoms with E-state index in [0.717, 1.165) is 24.4 Å². The van der Waals surface area contributed by atoms with Gasteiger partial charge in [-0.2, -0.15) is 0 Å². The van der Waals surface area contributed by atoms with Crippen molar-refractivity contribution in [1.82, 2.24) is 20.2 Å². The van der Waals surface area contributed by atoms with Gasteiger partial charge in [0.1, 0.15) is 5.82 Å². The molecule has 3 heterocycles. The first kappa shape index (κ1) is 16.8. The average molecular weight is 355 g/mol. The summed E-state index contributed by atoms with van der Waals surface area (Å²) in [5.41, 5.74) is 5.04. The molecule has 0 unspecified atom stereocenters. The van der Waals surface area contributed by atoms with Crippen molar-refractivity contribution in [3.63, 3.8) is 0 Å². The van der Waals surface area contributed by atoms with E-state index in [0.29, 0.717) is 5.92 Å². The molecule has 4 rings (SSSR count). The Bertz CT molecular complexity index is 829. The maximum atomic E-state index is 4.83. The molecule has 0 bridgehead atoms. The molecule has 0 aliphatic carbocycles. The molecule has 0 amide bonds. The largest absolute Gasteiger partial charge is 0.337 e. The maximum absolute atomic E-state index is 4.83. The van der Waals surface area contributed by atoms with Crippen LogP contribution in [0.3, 0.4) is 0 Å². The number of thiophene rings is 1. The summed E-state index contributed by atoms with van der Waals surface area (Å²) in [4.78, 5) is 12.1. The Balaban J connectivity index is 1.55. The van der Waals surface area contributed by atoms with Crippen molar-refractivity contribution in [2.75, 3.05) is 33.2 Å². The molecule has 4 nitrogen and oxygen atoms in total. The van der Waals surface area contributed by atoms with Crippen molar-refractivity contribution in [2.45, 2.75) is 25.7 Å². The van der Waals surface area contributed by atoms with Crippen molar-refractivity contribution in [3.05, 3.63) is 40.8 Å². The fraction of sp³-hybridized carbons (Fsp3) is 0.450. The second kappa shape index (κ2) is 7.28. The number of hydrogen-bond acceptors (Lipinski definition) is 4. The van der Waals surface area contributed by atoms with Gasteiger partial charge < -0.3 is 15.2 Å². The van der Waals surface area contributed by atoms with Crippen LogP contribution in [0.4, 0.5) is 0 Å². The van der Waals surface area contributed by atoms with Crippen molar-refractivity contribution >= 4 is 22.4 Å². The van der Waals surface area contributed by atoms with E-state index in [1.807, 2.05) is 7.05 Å². The highest BCUT2D eigenvalue weighted by Gasteiger charge is 2.21. The molecule has 5 heteroatoms. The maximum Gasteiger partial charge on any atom is 0.148 e. The number of aromatic nitrogens is 2. The lowest BCUT2D eigenvalue weighted by atomic mass is 9.88. The van der Waals surface area contributed by atoms with Gasteiger partial charge in [-0.1, -0.05) is 12.1 Å². The van der Waals surface area contributed by atoms with Gasteiger partial charge in [0.2, 0.25) is 0 Å². The van der Waals surface area contributed by atoms with Gasteiger partial charge >= 0.3 is 0 Å². The zero-order chi connectivity index (χ0) is 17.2. The van der Waals surface area contributed by atoms with Crippen LogP contribution in [0.1, 0.15) is 29.9 Å². The Kier molecular flexibility index (Phi) is 4.88. The van der Waals surface area contributed by atoms with E-state index >= 15 is 0 Å². The summed E-state index contributed by atoms with van der Waals surface area (Å²) in [6, 6.07) is 8.89. The molecule has 25 heavy (non-hydrogen) atoms. The number of aryl methyl sites for hydroxylation is 1. The fourth-order valence-electron chi connectivity index (χ4n) is 3.84. The van der Waals surface area contributed by atoms with E-state index in [1.165, 1.54) is 47.5 Å². The summed E-state index contributed by atoms with van der Waals surface area (Å²) in [6.45, 7) is 6.83. The topological polar surface area (TPSA) is 44.0 Å². The molecule has 132 valence electrons. The van der Waals surface area contributed by atoms with Gasteiger partial charge in [-0.05, 0) is 74.5 Å². The number of aromatic amines is 1. The zero-order valence-electron chi connectivity index (χ0n) is 15.0. The highest BCUT2D eigenvalue weighted by molar-refractivity contribution is 7.13. The lowest BCUT2D eigenvalue weighted by Crippen LogP contribution is -2.37. The molecule has 0 saturated carbocycles. The molecule has 1 saturated heterocycles. The lowest BCUT2D eigenvalue weighted by molar-refractivity contribution is 0.214. The number of nitrogens with zero attached hydrogens (tertiary/aromatic N) is 2. The van der Waals surface area contributed by atoms with Crippen LogP contribution in [0.2, 0.25) is 0 Å². The number of imidazole rings is 1. The average Bonchev–Trinajstić information content (AvgIpc) is 3.29. The molecule has 1 fully saturated rings. The van der Waals surface area contributed by atoms with Gasteiger partial charge in [-0.3, -0.25) is 0 Å². The van der Waals surface area contributed by atoms with Crippen molar-refractivity contribution < 1.29 is 0 Å². The first-order valence-corrected chi connectivity index (χ1v) is 10.0. The van der Waals surface area contributed by atoms with Crippen molar-refractivity contribution in [2.24, 2.45) is 0 Å². The van der Waals surface area contributed by atoms with Gasteiger partial charge in [-0.15, -0.1) is 11.3 Å². The third-order valence-corrected chi connectivity index (χ3v) is 6.17. The van der Waals surface area contributed by atoms with Gasteiger partial charge in [0.15, 0.2) is 0 Å². The second-order valence-electron chi connectivity index (χ2n) is 7.02. The number of fused-ring (bicyclic) bond motifs is 1. The normalized spacial score (nSPS) is 16.7. The molecule has 2 N–H and O–H groups in total. The van der Waals surface area contributed by atoms with Gasteiger partial charge in [0, 0.05) is 13.1 Å². The fourth-order valence-corrected chi connectivity index (χ4v) is 4.51. The van der Waals surface area contributed by atoms with Crippen LogP contribution in [0.15, 0.2) is 29.6 Å². The van der Waals surface area contributed by atoms with Crippen LogP contribution in [0.5, 0.6) is 0 Å². The number of benzene rings is 1. The summed E-state index contributed by atoms with van der Waals surface area (Å²) >= 11 is 1.73. The predicted octanol–water partition coefficient (Wildman–Crippen LogP) is 4.00. The number of likely N-dealkylation sites (N-methyl/N-ethyl adjacent to an activating group) is 1. The summed E-state index contributed by atoms with van der Waals surface area (Å²) in [6.07, 6.45) is 2.50. The quantitative estimate of drug-likeness (QED) is 0.728. The Morgan fingerprint density at radius 3 is 2.88 bits per heavy atom. The van der Waals surface area contributed by atoms with E-state index in [1.54, 1.807) is 11.3 Å². The summed E-state index contributed by atoms with van der Waals surface area (Å²) < 4.78 is 0. The monoisotopic (exact) mass is 354 g/mol. The Morgan fingerprint density at radius 2 is 2.16 bits per heavy atom. The van der Waals surface area contributed by atoms with E-state index in [9.17, 15) is 0 Å². The molecule has 1 aliphatic heterocycles. The summed E-state index contributed by atoms with van der Waals surface area (Å²) in [5.74, 6) is 1.66. The van der Waals surface area contributed by atoms with E-state index in [4.69, 9.17) is 4.98 Å². The van der Waals surface area contributed by atoms with Crippen LogP contribution in [0, 0.1) is 6.92 Å². The van der Waals surface area contributed by atoms with Crippen LogP contribution >= 0.6 is 11.3 Å². The molecule has 3 aromatic rings. The van der Waals surface area contributed by atoms with E-state index in [2.05, 4.69) is 51.8 Å².